The first-order chi connectivity index (χ1) is 12.5. The van der Waals surface area contributed by atoms with Crippen LogP contribution in [0.4, 0.5) is 11.5 Å². The highest BCUT2D eigenvalue weighted by Gasteiger charge is 2.20. The Morgan fingerprint density at radius 2 is 2.00 bits per heavy atom. The number of ether oxygens (including phenoxy) is 1. The lowest BCUT2D eigenvalue weighted by molar-refractivity contribution is 0.102. The maximum absolute atomic E-state index is 12.6. The van der Waals surface area contributed by atoms with E-state index in [1.54, 1.807) is 12.1 Å². The third-order valence-corrected chi connectivity index (χ3v) is 3.95. The molecule has 0 atom stereocenters. The second-order valence-corrected chi connectivity index (χ2v) is 5.91. The van der Waals surface area contributed by atoms with Gasteiger partial charge >= 0.3 is 0 Å². The number of hydrogen-bond acceptors (Lipinski definition) is 5. The summed E-state index contributed by atoms with van der Waals surface area (Å²) in [5.41, 5.74) is 9.62. The van der Waals surface area contributed by atoms with Gasteiger partial charge in [0.1, 0.15) is 5.75 Å². The molecular formula is C19H21N5O2. The number of carbonyl (C=O) groups excluding carboxylic acids is 1. The van der Waals surface area contributed by atoms with Crippen molar-refractivity contribution in [3.63, 3.8) is 0 Å². The summed E-state index contributed by atoms with van der Waals surface area (Å²) in [7, 11) is 0. The lowest BCUT2D eigenvalue weighted by Crippen LogP contribution is -2.16. The summed E-state index contributed by atoms with van der Waals surface area (Å²) in [6.07, 6.45) is 0. The molecule has 3 N–H and O–H groups in total. The Morgan fingerprint density at radius 3 is 2.77 bits per heavy atom. The molecule has 0 radical (unpaired) electrons. The van der Waals surface area contributed by atoms with Gasteiger partial charge in [-0.25, -0.2) is 0 Å². The summed E-state index contributed by atoms with van der Waals surface area (Å²) in [6, 6.07) is 13.1. The molecule has 1 amide bonds. The van der Waals surface area contributed by atoms with E-state index in [1.165, 1.54) is 4.68 Å². The SMILES string of the molecule is CCOc1ccccc1NC(=O)c1nnn(-c2cc(C)ccc2C)c1N. The zero-order valence-corrected chi connectivity index (χ0v) is 15.0. The number of hydrogen-bond donors (Lipinski definition) is 2. The number of benzene rings is 2. The number of aromatic nitrogens is 3. The van der Waals surface area contributed by atoms with Crippen molar-refractivity contribution in [2.75, 3.05) is 17.7 Å². The molecule has 134 valence electrons. The van der Waals surface area contributed by atoms with Crippen LogP contribution in [0, 0.1) is 13.8 Å². The highest BCUT2D eigenvalue weighted by Crippen LogP contribution is 2.25. The van der Waals surface area contributed by atoms with Crippen LogP contribution in [0.25, 0.3) is 5.69 Å². The topological polar surface area (TPSA) is 95.1 Å². The Bertz CT molecular complexity index is 949. The van der Waals surface area contributed by atoms with Crippen molar-refractivity contribution in [1.82, 2.24) is 15.0 Å². The summed E-state index contributed by atoms with van der Waals surface area (Å²) < 4.78 is 7.00. The molecule has 2 aromatic carbocycles. The van der Waals surface area contributed by atoms with Crippen LogP contribution in [0.5, 0.6) is 5.75 Å². The number of nitrogens with zero attached hydrogens (tertiary/aromatic N) is 3. The molecule has 0 spiro atoms. The molecule has 1 heterocycles. The minimum absolute atomic E-state index is 0.0669. The van der Waals surface area contributed by atoms with Crippen LogP contribution >= 0.6 is 0 Å². The van der Waals surface area contributed by atoms with Gasteiger partial charge in [-0.2, -0.15) is 4.68 Å². The maximum Gasteiger partial charge on any atom is 0.280 e. The smallest absolute Gasteiger partial charge is 0.280 e. The van der Waals surface area contributed by atoms with Crippen molar-refractivity contribution < 1.29 is 9.53 Å². The molecule has 0 aliphatic carbocycles. The molecule has 0 aliphatic heterocycles. The molecule has 0 aliphatic rings. The van der Waals surface area contributed by atoms with Crippen molar-refractivity contribution in [1.29, 1.82) is 0 Å². The minimum atomic E-state index is -0.439. The first-order valence-electron chi connectivity index (χ1n) is 8.33. The first kappa shape index (κ1) is 17.5. The van der Waals surface area contributed by atoms with Crippen LogP contribution in [0.1, 0.15) is 28.5 Å². The van der Waals surface area contributed by atoms with E-state index in [-0.39, 0.29) is 11.5 Å². The highest BCUT2D eigenvalue weighted by atomic mass is 16.5. The maximum atomic E-state index is 12.6. The van der Waals surface area contributed by atoms with Gasteiger partial charge < -0.3 is 15.8 Å². The molecule has 0 unspecified atom stereocenters. The van der Waals surface area contributed by atoms with Crippen LogP contribution < -0.4 is 15.8 Å². The van der Waals surface area contributed by atoms with Crippen LogP contribution in [-0.2, 0) is 0 Å². The average Bonchev–Trinajstić information content (AvgIpc) is 3.00. The predicted molar refractivity (Wildman–Crippen MR) is 101 cm³/mol. The van der Waals surface area contributed by atoms with Crippen LogP contribution in [0.3, 0.4) is 0 Å². The van der Waals surface area contributed by atoms with E-state index in [2.05, 4.69) is 15.6 Å². The summed E-state index contributed by atoms with van der Waals surface area (Å²) in [6.45, 7) is 6.31. The van der Waals surface area contributed by atoms with Gasteiger partial charge in [0.15, 0.2) is 11.5 Å². The van der Waals surface area contributed by atoms with Crippen molar-refractivity contribution in [3.05, 3.63) is 59.3 Å². The van der Waals surface area contributed by atoms with Crippen LogP contribution in [0.15, 0.2) is 42.5 Å². The van der Waals surface area contributed by atoms with E-state index >= 15 is 0 Å². The normalized spacial score (nSPS) is 10.6. The number of carbonyl (C=O) groups is 1. The Kier molecular flexibility index (Phi) is 4.88. The molecule has 3 aromatic rings. The number of nitrogen functional groups attached to an aromatic ring is 1. The van der Waals surface area contributed by atoms with Gasteiger partial charge in [-0.3, -0.25) is 4.79 Å². The van der Waals surface area contributed by atoms with E-state index in [0.29, 0.717) is 18.0 Å². The van der Waals surface area contributed by atoms with E-state index in [1.807, 2.05) is 51.1 Å². The Labute approximate surface area is 151 Å². The fraction of sp³-hybridized carbons (Fsp3) is 0.211. The van der Waals surface area contributed by atoms with E-state index < -0.39 is 5.91 Å². The van der Waals surface area contributed by atoms with E-state index in [4.69, 9.17) is 10.5 Å². The van der Waals surface area contributed by atoms with Gasteiger partial charge in [0.2, 0.25) is 0 Å². The monoisotopic (exact) mass is 351 g/mol. The standard InChI is InChI=1S/C19H21N5O2/c1-4-26-16-8-6-5-7-14(16)21-19(25)17-18(20)24(23-22-17)15-11-12(2)9-10-13(15)3/h5-11H,4,20H2,1-3H3,(H,21,25). The second-order valence-electron chi connectivity index (χ2n) is 5.91. The fourth-order valence-corrected chi connectivity index (χ4v) is 2.61. The molecule has 0 saturated heterocycles. The molecule has 7 heteroatoms. The van der Waals surface area contributed by atoms with Crippen molar-refractivity contribution >= 4 is 17.4 Å². The van der Waals surface area contributed by atoms with Crippen LogP contribution in [0.2, 0.25) is 0 Å². The first-order valence-corrected chi connectivity index (χ1v) is 8.33. The zero-order chi connectivity index (χ0) is 18.7. The molecule has 3 rings (SSSR count). The summed E-state index contributed by atoms with van der Waals surface area (Å²) in [4.78, 5) is 12.6. The number of rotatable bonds is 5. The molecule has 0 fully saturated rings. The summed E-state index contributed by atoms with van der Waals surface area (Å²) in [5, 5.41) is 10.8. The number of nitrogens with two attached hydrogens (primary N) is 1. The molecule has 7 nitrogen and oxygen atoms in total. The number of anilines is 2. The van der Waals surface area contributed by atoms with Gasteiger partial charge in [0.25, 0.3) is 5.91 Å². The largest absolute Gasteiger partial charge is 0.492 e. The van der Waals surface area contributed by atoms with Crippen LogP contribution in [-0.4, -0.2) is 27.5 Å². The Morgan fingerprint density at radius 1 is 1.23 bits per heavy atom. The second kappa shape index (κ2) is 7.26. The zero-order valence-electron chi connectivity index (χ0n) is 15.0. The quantitative estimate of drug-likeness (QED) is 0.736. The Balaban J connectivity index is 1.91. The third-order valence-electron chi connectivity index (χ3n) is 3.95. The molecule has 0 bridgehead atoms. The van der Waals surface area contributed by atoms with Crippen molar-refractivity contribution in [2.45, 2.75) is 20.8 Å². The number of amides is 1. The average molecular weight is 351 g/mol. The number of para-hydroxylation sites is 2. The highest BCUT2D eigenvalue weighted by molar-refractivity contribution is 6.06. The van der Waals surface area contributed by atoms with Crippen molar-refractivity contribution in [2.24, 2.45) is 0 Å². The van der Waals surface area contributed by atoms with E-state index in [9.17, 15) is 4.79 Å². The van der Waals surface area contributed by atoms with Gasteiger partial charge in [-0.15, -0.1) is 5.10 Å². The number of nitrogens with one attached hydrogen (secondary N) is 1. The fourth-order valence-electron chi connectivity index (χ4n) is 2.61. The van der Waals surface area contributed by atoms with E-state index in [0.717, 1.165) is 16.8 Å². The Hall–Kier alpha value is -3.35. The van der Waals surface area contributed by atoms with Gasteiger partial charge in [0.05, 0.1) is 18.0 Å². The summed E-state index contributed by atoms with van der Waals surface area (Å²) in [5.74, 6) is 0.333. The molecule has 0 saturated carbocycles. The lowest BCUT2D eigenvalue weighted by Gasteiger charge is -2.11. The summed E-state index contributed by atoms with van der Waals surface area (Å²) >= 11 is 0. The predicted octanol–water partition coefficient (Wildman–Crippen LogP) is 3.12. The third kappa shape index (κ3) is 3.37. The molecule has 1 aromatic heterocycles. The minimum Gasteiger partial charge on any atom is -0.492 e. The molecule has 26 heavy (non-hydrogen) atoms. The van der Waals surface area contributed by atoms with Crippen molar-refractivity contribution in [3.8, 4) is 11.4 Å². The van der Waals surface area contributed by atoms with Gasteiger partial charge in [-0.1, -0.05) is 29.5 Å². The van der Waals surface area contributed by atoms with Gasteiger partial charge in [0, 0.05) is 0 Å². The lowest BCUT2D eigenvalue weighted by atomic mass is 10.1. The van der Waals surface area contributed by atoms with Gasteiger partial charge in [-0.05, 0) is 50.1 Å². The number of aryl methyl sites for hydroxylation is 2. The molecular weight excluding hydrogens is 330 g/mol.